The Morgan fingerprint density at radius 3 is 2.38 bits per heavy atom. The molecule has 5 heteroatoms. The van der Waals surface area contributed by atoms with Gasteiger partial charge in [-0.25, -0.2) is 0 Å². The van der Waals surface area contributed by atoms with Crippen LogP contribution in [0.1, 0.15) is 11.3 Å². The summed E-state index contributed by atoms with van der Waals surface area (Å²) in [5.41, 5.74) is 4.15. The largest absolute Gasteiger partial charge is 0.383 e. The zero-order valence-electron chi connectivity index (χ0n) is 13.9. The van der Waals surface area contributed by atoms with E-state index in [1.807, 2.05) is 36.4 Å². The number of rotatable bonds is 8. The van der Waals surface area contributed by atoms with Crippen molar-refractivity contribution in [3.05, 3.63) is 71.9 Å². The molecule has 0 unspecified atom stereocenters. The van der Waals surface area contributed by atoms with Gasteiger partial charge in [-0.05, 0) is 5.56 Å². The van der Waals surface area contributed by atoms with E-state index in [-0.39, 0.29) is 0 Å². The maximum atomic E-state index is 5.08. The van der Waals surface area contributed by atoms with Gasteiger partial charge in [-0.1, -0.05) is 60.7 Å². The Morgan fingerprint density at radius 1 is 0.958 bits per heavy atom. The maximum absolute atomic E-state index is 5.08. The van der Waals surface area contributed by atoms with Crippen LogP contribution in [0.15, 0.2) is 60.7 Å². The van der Waals surface area contributed by atoms with Crippen molar-refractivity contribution in [2.24, 2.45) is 0 Å². The number of ether oxygens (including phenoxy) is 1. The third-order valence-electron chi connectivity index (χ3n) is 3.71. The van der Waals surface area contributed by atoms with Gasteiger partial charge in [-0.3, -0.25) is 0 Å². The lowest BCUT2D eigenvalue weighted by molar-refractivity contribution is 0.199. The standard InChI is InChI=1S/C19H22N4O/c1-24-13-12-20-14-18-19(17-10-6-3-7-11-17)22-23(21-18)15-16-8-4-2-5-9-16/h2-11,20H,12-15H2,1H3. The minimum absolute atomic E-state index is 0.665. The first-order valence-corrected chi connectivity index (χ1v) is 8.10. The molecule has 124 valence electrons. The first-order valence-electron chi connectivity index (χ1n) is 8.10. The monoisotopic (exact) mass is 322 g/mol. The second-order valence-electron chi connectivity index (χ2n) is 5.55. The molecule has 0 bridgehead atoms. The molecule has 0 spiro atoms. The van der Waals surface area contributed by atoms with Gasteiger partial charge in [0, 0.05) is 25.8 Å². The van der Waals surface area contributed by atoms with Crippen molar-refractivity contribution >= 4 is 0 Å². The number of hydrogen-bond donors (Lipinski definition) is 1. The SMILES string of the molecule is COCCNCc1nn(Cc2ccccc2)nc1-c1ccccc1. The van der Waals surface area contributed by atoms with Crippen LogP contribution in [0.2, 0.25) is 0 Å². The van der Waals surface area contributed by atoms with Gasteiger partial charge in [0.15, 0.2) is 0 Å². The van der Waals surface area contributed by atoms with E-state index in [4.69, 9.17) is 9.84 Å². The van der Waals surface area contributed by atoms with E-state index in [2.05, 4.69) is 34.7 Å². The highest BCUT2D eigenvalue weighted by atomic mass is 16.5. The molecule has 24 heavy (non-hydrogen) atoms. The smallest absolute Gasteiger partial charge is 0.117 e. The Hall–Kier alpha value is -2.50. The van der Waals surface area contributed by atoms with E-state index < -0.39 is 0 Å². The molecular formula is C19H22N4O. The summed E-state index contributed by atoms with van der Waals surface area (Å²) in [6.07, 6.45) is 0. The van der Waals surface area contributed by atoms with Crippen molar-refractivity contribution in [2.75, 3.05) is 20.3 Å². The average Bonchev–Trinajstić information content (AvgIpc) is 3.03. The normalized spacial score (nSPS) is 10.9. The lowest BCUT2D eigenvalue weighted by Crippen LogP contribution is -2.19. The van der Waals surface area contributed by atoms with Crippen LogP contribution in [-0.2, 0) is 17.8 Å². The van der Waals surface area contributed by atoms with Crippen LogP contribution in [-0.4, -0.2) is 35.3 Å². The predicted octanol–water partition coefficient (Wildman–Crippen LogP) is 2.73. The first kappa shape index (κ1) is 16.4. The topological polar surface area (TPSA) is 52.0 Å². The van der Waals surface area contributed by atoms with Crippen LogP contribution in [0.3, 0.4) is 0 Å². The summed E-state index contributed by atoms with van der Waals surface area (Å²) in [6.45, 7) is 2.80. The van der Waals surface area contributed by atoms with Crippen LogP contribution in [0.4, 0.5) is 0 Å². The van der Waals surface area contributed by atoms with Crippen molar-refractivity contribution in [3.63, 3.8) is 0 Å². The van der Waals surface area contributed by atoms with Crippen molar-refractivity contribution in [2.45, 2.75) is 13.1 Å². The van der Waals surface area contributed by atoms with Crippen LogP contribution in [0.5, 0.6) is 0 Å². The highest BCUT2D eigenvalue weighted by molar-refractivity contribution is 5.60. The molecule has 1 N–H and O–H groups in total. The fourth-order valence-corrected chi connectivity index (χ4v) is 2.52. The summed E-state index contributed by atoms with van der Waals surface area (Å²) >= 11 is 0. The van der Waals surface area contributed by atoms with Crippen molar-refractivity contribution in [3.8, 4) is 11.3 Å². The zero-order chi connectivity index (χ0) is 16.6. The molecule has 0 radical (unpaired) electrons. The molecule has 0 atom stereocenters. The van der Waals surface area contributed by atoms with E-state index in [1.54, 1.807) is 11.9 Å². The molecule has 3 aromatic rings. The van der Waals surface area contributed by atoms with Crippen LogP contribution in [0, 0.1) is 0 Å². The Kier molecular flexibility index (Phi) is 5.71. The molecule has 5 nitrogen and oxygen atoms in total. The van der Waals surface area contributed by atoms with Crippen molar-refractivity contribution in [1.82, 2.24) is 20.3 Å². The molecule has 0 aliphatic carbocycles. The van der Waals surface area contributed by atoms with E-state index in [9.17, 15) is 0 Å². The Labute approximate surface area is 142 Å². The van der Waals surface area contributed by atoms with E-state index in [0.717, 1.165) is 23.5 Å². The van der Waals surface area contributed by atoms with Crippen LogP contribution in [0.25, 0.3) is 11.3 Å². The number of benzene rings is 2. The van der Waals surface area contributed by atoms with Crippen molar-refractivity contribution < 1.29 is 4.74 Å². The second kappa shape index (κ2) is 8.38. The van der Waals surface area contributed by atoms with E-state index >= 15 is 0 Å². The van der Waals surface area contributed by atoms with Gasteiger partial charge in [0.25, 0.3) is 0 Å². The molecule has 1 heterocycles. The van der Waals surface area contributed by atoms with E-state index in [0.29, 0.717) is 19.7 Å². The highest BCUT2D eigenvalue weighted by Crippen LogP contribution is 2.20. The third kappa shape index (κ3) is 4.28. The Bertz CT molecular complexity index is 741. The minimum Gasteiger partial charge on any atom is -0.383 e. The molecule has 1 aromatic heterocycles. The minimum atomic E-state index is 0.665. The fourth-order valence-electron chi connectivity index (χ4n) is 2.52. The predicted molar refractivity (Wildman–Crippen MR) is 94.6 cm³/mol. The molecule has 0 aliphatic heterocycles. The molecule has 2 aromatic carbocycles. The quantitative estimate of drug-likeness (QED) is 0.648. The number of aromatic nitrogens is 3. The summed E-state index contributed by atoms with van der Waals surface area (Å²) < 4.78 is 5.08. The Balaban J connectivity index is 1.82. The Morgan fingerprint density at radius 2 is 1.67 bits per heavy atom. The first-order chi connectivity index (χ1) is 11.9. The lowest BCUT2D eigenvalue weighted by atomic mass is 10.1. The fraction of sp³-hybridized carbons (Fsp3) is 0.263. The van der Waals surface area contributed by atoms with Crippen LogP contribution < -0.4 is 5.32 Å². The van der Waals surface area contributed by atoms with E-state index in [1.165, 1.54) is 5.56 Å². The van der Waals surface area contributed by atoms with Crippen molar-refractivity contribution in [1.29, 1.82) is 0 Å². The van der Waals surface area contributed by atoms with Crippen LogP contribution >= 0.6 is 0 Å². The van der Waals surface area contributed by atoms with Gasteiger partial charge in [0.1, 0.15) is 11.4 Å². The molecule has 3 rings (SSSR count). The van der Waals surface area contributed by atoms with Gasteiger partial charge in [0.05, 0.1) is 13.2 Å². The average molecular weight is 322 g/mol. The zero-order valence-corrected chi connectivity index (χ0v) is 13.9. The summed E-state index contributed by atoms with van der Waals surface area (Å²) in [5.74, 6) is 0. The maximum Gasteiger partial charge on any atom is 0.117 e. The number of nitrogens with zero attached hydrogens (tertiary/aromatic N) is 3. The van der Waals surface area contributed by atoms with Gasteiger partial charge in [0.2, 0.25) is 0 Å². The molecular weight excluding hydrogens is 300 g/mol. The summed E-state index contributed by atoms with van der Waals surface area (Å²) in [4.78, 5) is 1.77. The summed E-state index contributed by atoms with van der Waals surface area (Å²) in [6, 6.07) is 20.4. The molecule has 0 amide bonds. The molecule has 0 aliphatic rings. The molecule has 0 saturated heterocycles. The number of hydrogen-bond acceptors (Lipinski definition) is 4. The molecule has 0 saturated carbocycles. The number of methoxy groups -OCH3 is 1. The molecule has 0 fully saturated rings. The highest BCUT2D eigenvalue weighted by Gasteiger charge is 2.13. The summed E-state index contributed by atoms with van der Waals surface area (Å²) in [7, 11) is 1.70. The summed E-state index contributed by atoms with van der Waals surface area (Å²) in [5, 5.41) is 12.7. The van der Waals surface area contributed by atoms with Gasteiger partial charge < -0.3 is 10.1 Å². The van der Waals surface area contributed by atoms with Gasteiger partial charge in [-0.2, -0.15) is 15.0 Å². The second-order valence-corrected chi connectivity index (χ2v) is 5.55. The lowest BCUT2D eigenvalue weighted by Gasteiger charge is -2.03. The van der Waals surface area contributed by atoms with Gasteiger partial charge in [-0.15, -0.1) is 0 Å². The van der Waals surface area contributed by atoms with Gasteiger partial charge >= 0.3 is 0 Å². The number of nitrogens with one attached hydrogen (secondary N) is 1. The third-order valence-corrected chi connectivity index (χ3v) is 3.71.